The minimum atomic E-state index is -1.16. The van der Waals surface area contributed by atoms with E-state index in [1.54, 1.807) is 0 Å². The van der Waals surface area contributed by atoms with Gasteiger partial charge in [0.05, 0.1) is 24.7 Å². The van der Waals surface area contributed by atoms with E-state index in [0.717, 1.165) is 22.3 Å². The van der Waals surface area contributed by atoms with Gasteiger partial charge in [0, 0.05) is 25.3 Å². The van der Waals surface area contributed by atoms with Crippen LogP contribution >= 0.6 is 12.4 Å². The molecular weight excluding hydrogens is 462 g/mol. The molecular formula is C25H25ClF2N4O2. The van der Waals surface area contributed by atoms with Crippen molar-refractivity contribution in [3.05, 3.63) is 59.7 Å². The van der Waals surface area contributed by atoms with Crippen molar-refractivity contribution in [2.75, 3.05) is 19.7 Å². The van der Waals surface area contributed by atoms with E-state index >= 15 is 0 Å². The van der Waals surface area contributed by atoms with Gasteiger partial charge >= 0.3 is 6.09 Å². The molecule has 0 aromatic heterocycles. The Balaban J connectivity index is 0.000000308. The maximum absolute atomic E-state index is 13.5. The van der Waals surface area contributed by atoms with Gasteiger partial charge in [-0.15, -0.1) is 12.4 Å². The molecule has 0 unspecified atom stereocenters. The number of likely N-dealkylation sites (tertiary alicyclic amines) is 1. The van der Waals surface area contributed by atoms with Gasteiger partial charge in [0.25, 0.3) is 0 Å². The van der Waals surface area contributed by atoms with Gasteiger partial charge in [0.2, 0.25) is 0 Å². The molecule has 1 N–H and O–H groups in total. The molecule has 1 aliphatic carbocycles. The molecule has 2 aromatic carbocycles. The highest BCUT2D eigenvalue weighted by molar-refractivity contribution is 5.85. The number of halogens is 3. The van der Waals surface area contributed by atoms with Crippen molar-refractivity contribution in [3.63, 3.8) is 0 Å². The van der Waals surface area contributed by atoms with Crippen molar-refractivity contribution in [2.24, 2.45) is 0 Å². The third kappa shape index (κ3) is 5.30. The van der Waals surface area contributed by atoms with Crippen molar-refractivity contribution in [3.8, 4) is 23.3 Å². The van der Waals surface area contributed by atoms with E-state index in [1.165, 1.54) is 4.90 Å². The molecule has 2 fully saturated rings. The molecule has 3 aliphatic rings. The number of nitrogens with one attached hydrogen (secondary N) is 1. The number of nitriles is 2. The third-order valence-electron chi connectivity index (χ3n) is 6.20. The zero-order valence-electron chi connectivity index (χ0n) is 18.4. The van der Waals surface area contributed by atoms with E-state index in [0.29, 0.717) is 13.0 Å². The van der Waals surface area contributed by atoms with Crippen molar-refractivity contribution >= 4 is 18.5 Å². The molecule has 6 nitrogen and oxygen atoms in total. The maximum atomic E-state index is 13.5. The number of amides is 1. The predicted octanol–water partition coefficient (Wildman–Crippen LogP) is 4.50. The minimum Gasteiger partial charge on any atom is -0.448 e. The summed E-state index contributed by atoms with van der Waals surface area (Å²) in [6.07, 6.45) is -2.17. The van der Waals surface area contributed by atoms with Crippen LogP contribution in [-0.2, 0) is 4.74 Å². The predicted molar refractivity (Wildman–Crippen MR) is 125 cm³/mol. The molecule has 178 valence electrons. The lowest BCUT2D eigenvalue weighted by Crippen LogP contribution is -2.36. The third-order valence-corrected chi connectivity index (χ3v) is 6.20. The lowest BCUT2D eigenvalue weighted by Gasteiger charge is -2.21. The second-order valence-electron chi connectivity index (χ2n) is 8.36. The lowest BCUT2D eigenvalue weighted by atomic mass is 9.98. The first-order valence-corrected chi connectivity index (χ1v) is 10.9. The van der Waals surface area contributed by atoms with Crippen molar-refractivity contribution in [2.45, 2.75) is 43.2 Å². The van der Waals surface area contributed by atoms with Gasteiger partial charge < -0.3 is 4.74 Å². The molecule has 2 saturated heterocycles. The zero-order valence-corrected chi connectivity index (χ0v) is 19.2. The van der Waals surface area contributed by atoms with E-state index in [2.05, 4.69) is 17.4 Å². The largest absolute Gasteiger partial charge is 0.448 e. The number of alkyl halides is 2. The van der Waals surface area contributed by atoms with Crippen LogP contribution in [0.5, 0.6) is 0 Å². The average molecular weight is 487 g/mol. The summed E-state index contributed by atoms with van der Waals surface area (Å²) < 4.78 is 31.1. The molecule has 9 heteroatoms. The van der Waals surface area contributed by atoms with E-state index in [-0.39, 0.29) is 43.9 Å². The highest BCUT2D eigenvalue weighted by atomic mass is 35.5. The van der Waals surface area contributed by atoms with E-state index in [4.69, 9.17) is 15.3 Å². The Hall–Kier alpha value is -3.20. The van der Waals surface area contributed by atoms with Gasteiger partial charge in [-0.25, -0.2) is 13.6 Å². The topological polar surface area (TPSA) is 89.2 Å². The summed E-state index contributed by atoms with van der Waals surface area (Å²) in [5.41, 5.74) is 4.55. The monoisotopic (exact) mass is 486 g/mol. The molecule has 0 radical (unpaired) electrons. The Morgan fingerprint density at radius 2 is 1.62 bits per heavy atom. The van der Waals surface area contributed by atoms with Gasteiger partial charge in [-0.05, 0) is 22.3 Å². The number of carbonyl (C=O) groups excluding carboxylic acids is 1. The van der Waals surface area contributed by atoms with E-state index in [9.17, 15) is 13.6 Å². The highest BCUT2D eigenvalue weighted by Gasteiger charge is 2.37. The Morgan fingerprint density at radius 3 is 2.12 bits per heavy atom. The van der Waals surface area contributed by atoms with Crippen LogP contribution in [0, 0.1) is 22.7 Å². The molecule has 2 aromatic rings. The van der Waals surface area contributed by atoms with Crippen molar-refractivity contribution < 1.29 is 18.3 Å². The fraction of sp³-hybridized carbons (Fsp3) is 0.400. The van der Waals surface area contributed by atoms with E-state index in [1.807, 2.05) is 48.5 Å². The van der Waals surface area contributed by atoms with Gasteiger partial charge in [0.15, 0.2) is 0 Å². The van der Waals surface area contributed by atoms with E-state index < -0.39 is 24.5 Å². The van der Waals surface area contributed by atoms with Crippen LogP contribution in [0.4, 0.5) is 13.6 Å². The van der Waals surface area contributed by atoms with Crippen LogP contribution in [0.1, 0.15) is 29.9 Å². The van der Waals surface area contributed by atoms with Crippen LogP contribution in [0.3, 0.4) is 0 Å². The molecule has 0 spiro atoms. The minimum absolute atomic E-state index is 0. The summed E-state index contributed by atoms with van der Waals surface area (Å²) in [6.45, 7) is 0.450. The molecule has 34 heavy (non-hydrogen) atoms. The van der Waals surface area contributed by atoms with Gasteiger partial charge in [0.1, 0.15) is 25.0 Å². The second kappa shape index (κ2) is 11.3. The van der Waals surface area contributed by atoms with Crippen LogP contribution in [0.2, 0.25) is 0 Å². The fourth-order valence-electron chi connectivity index (χ4n) is 4.58. The number of hydrogen-bond acceptors (Lipinski definition) is 5. The number of hydrogen-bond donors (Lipinski definition) is 1. The number of fused-ring (bicyclic) bond motifs is 3. The van der Waals surface area contributed by atoms with Gasteiger partial charge in [-0.1, -0.05) is 48.5 Å². The van der Waals surface area contributed by atoms with Crippen LogP contribution in [0.15, 0.2) is 48.5 Å². The molecule has 4 atom stereocenters. The molecule has 5 rings (SSSR count). The zero-order chi connectivity index (χ0) is 23.4. The number of carbonyl (C=O) groups is 1. The lowest BCUT2D eigenvalue weighted by molar-refractivity contribution is 0.0998. The summed E-state index contributed by atoms with van der Waals surface area (Å²) in [4.78, 5) is 13.5. The van der Waals surface area contributed by atoms with Crippen LogP contribution in [0.25, 0.3) is 11.1 Å². The van der Waals surface area contributed by atoms with Gasteiger partial charge in [-0.2, -0.15) is 10.5 Å². The fourth-order valence-corrected chi connectivity index (χ4v) is 4.58. The number of ether oxygens (including phenoxy) is 1. The Bertz CT molecular complexity index is 1060. The summed E-state index contributed by atoms with van der Waals surface area (Å²) in [5, 5.41) is 20.0. The average Bonchev–Trinajstić information content (AvgIpc) is 3.53. The molecule has 0 saturated carbocycles. The van der Waals surface area contributed by atoms with Crippen LogP contribution < -0.4 is 5.32 Å². The summed E-state index contributed by atoms with van der Waals surface area (Å²) >= 11 is 0. The Labute approximate surface area is 203 Å². The van der Waals surface area contributed by atoms with Gasteiger partial charge in [-0.3, -0.25) is 10.2 Å². The van der Waals surface area contributed by atoms with Crippen LogP contribution in [-0.4, -0.2) is 55.1 Å². The quantitative estimate of drug-likeness (QED) is 0.675. The first-order valence-electron chi connectivity index (χ1n) is 10.9. The first-order chi connectivity index (χ1) is 16.0. The highest BCUT2D eigenvalue weighted by Crippen LogP contribution is 2.44. The second-order valence-corrected chi connectivity index (χ2v) is 8.36. The summed E-state index contributed by atoms with van der Waals surface area (Å²) in [6, 6.07) is 19.1. The standard InChI is InChI=1S/C20H17FN2O2.C5H7FN2.ClH/c21-13-9-14(10-22)23(11-13)20(24)25-12-19-17-7-3-1-5-15(17)16-6-2-4-8-18(16)19;6-4-1-5(2-7)8-3-4;/h1-8,13-14,19H,9,11-12H2;4-5,8H,1,3H2;1H/t13-,14-;4-,5-;/m00./s1. The number of rotatable bonds is 2. The first kappa shape index (κ1) is 25.4. The Morgan fingerprint density at radius 1 is 1.00 bits per heavy atom. The number of nitrogens with zero attached hydrogens (tertiary/aromatic N) is 3. The molecule has 0 bridgehead atoms. The molecule has 2 aliphatic heterocycles. The summed E-state index contributed by atoms with van der Waals surface area (Å²) in [5.74, 6) is -0.0411. The normalized spacial score (nSPS) is 24.5. The maximum Gasteiger partial charge on any atom is 0.410 e. The smallest absolute Gasteiger partial charge is 0.410 e. The van der Waals surface area contributed by atoms with Crippen molar-refractivity contribution in [1.29, 1.82) is 10.5 Å². The Kier molecular flexibility index (Phi) is 8.44. The SMILES string of the molecule is Cl.N#C[C@@H]1C[C@H](F)CN1.N#C[C@@H]1C[C@H](F)CN1C(=O)OCC1c2ccccc2-c2ccccc21. The summed E-state index contributed by atoms with van der Waals surface area (Å²) in [7, 11) is 0. The molecule has 1 amide bonds. The molecule has 2 heterocycles. The van der Waals surface area contributed by atoms with Crippen molar-refractivity contribution in [1.82, 2.24) is 10.2 Å². The number of benzene rings is 2.